The number of carbonyl (C=O) groups is 2. The number of ketones is 2. The van der Waals surface area contributed by atoms with Crippen molar-refractivity contribution in [2.24, 2.45) is 5.92 Å². The number of benzene rings is 2. The minimum absolute atomic E-state index is 0.0311. The van der Waals surface area contributed by atoms with E-state index >= 15 is 0 Å². The van der Waals surface area contributed by atoms with Crippen molar-refractivity contribution in [3.05, 3.63) is 45.5 Å². The van der Waals surface area contributed by atoms with E-state index < -0.39 is 11.6 Å². The van der Waals surface area contributed by atoms with Crippen LogP contribution in [0.15, 0.2) is 12.1 Å². The molecule has 4 rings (SSSR count). The van der Waals surface area contributed by atoms with Gasteiger partial charge in [0, 0.05) is 11.4 Å². The molecule has 0 unspecified atom stereocenters. The number of rotatable bonds is 6. The van der Waals surface area contributed by atoms with Crippen molar-refractivity contribution in [3.8, 4) is 11.5 Å². The second-order valence-corrected chi connectivity index (χ2v) is 9.62. The predicted molar refractivity (Wildman–Crippen MR) is 130 cm³/mol. The molecule has 1 fully saturated rings. The molecule has 0 aromatic heterocycles. The third-order valence-corrected chi connectivity index (χ3v) is 7.59. The Labute approximate surface area is 195 Å². The van der Waals surface area contributed by atoms with Crippen LogP contribution in [0.2, 0.25) is 0 Å². The Morgan fingerprint density at radius 2 is 1.39 bits per heavy atom. The van der Waals surface area contributed by atoms with Crippen LogP contribution >= 0.6 is 0 Å². The van der Waals surface area contributed by atoms with Crippen molar-refractivity contribution in [3.63, 3.8) is 0 Å². The van der Waals surface area contributed by atoms with Gasteiger partial charge in [-0.25, -0.2) is 0 Å². The number of hydrogen-bond donors (Lipinski definition) is 4. The predicted octanol–water partition coefficient (Wildman–Crippen LogP) is 5.45. The number of aromatic hydroxyl groups is 2. The Balaban J connectivity index is 1.79. The number of hydrogen-bond acceptors (Lipinski definition) is 6. The minimum Gasteiger partial charge on any atom is -0.507 e. The third-order valence-electron chi connectivity index (χ3n) is 7.59. The van der Waals surface area contributed by atoms with E-state index in [1.54, 1.807) is 12.1 Å². The lowest BCUT2D eigenvalue weighted by Gasteiger charge is -2.30. The summed E-state index contributed by atoms with van der Waals surface area (Å²) in [4.78, 5) is 27.0. The van der Waals surface area contributed by atoms with Crippen LogP contribution in [0.25, 0.3) is 0 Å². The van der Waals surface area contributed by atoms with Crippen molar-refractivity contribution in [1.82, 2.24) is 0 Å². The third kappa shape index (κ3) is 3.85. The minimum atomic E-state index is -0.560. The van der Waals surface area contributed by atoms with Gasteiger partial charge >= 0.3 is 0 Å². The van der Waals surface area contributed by atoms with E-state index in [4.69, 9.17) is 11.5 Å². The number of carbonyl (C=O) groups excluding carboxylic acids is 2. The quantitative estimate of drug-likeness (QED) is 0.225. The van der Waals surface area contributed by atoms with Gasteiger partial charge in [-0.15, -0.1) is 0 Å². The molecule has 0 saturated heterocycles. The Morgan fingerprint density at radius 3 is 1.97 bits per heavy atom. The molecular formula is C27H34N2O4. The van der Waals surface area contributed by atoms with E-state index in [0.29, 0.717) is 23.5 Å². The molecular weight excluding hydrogens is 416 g/mol. The number of nitrogen functional groups attached to an aromatic ring is 2. The summed E-state index contributed by atoms with van der Waals surface area (Å²) in [5, 5.41) is 22.1. The molecule has 0 bridgehead atoms. The fourth-order valence-electron chi connectivity index (χ4n) is 5.60. The van der Waals surface area contributed by atoms with Gasteiger partial charge < -0.3 is 21.7 Å². The Kier molecular flexibility index (Phi) is 6.37. The van der Waals surface area contributed by atoms with Crippen LogP contribution in [0.5, 0.6) is 11.5 Å². The number of phenols is 2. The van der Waals surface area contributed by atoms with Gasteiger partial charge in [0.05, 0.1) is 22.3 Å². The van der Waals surface area contributed by atoms with Crippen LogP contribution in [0.1, 0.15) is 114 Å². The van der Waals surface area contributed by atoms with Crippen LogP contribution < -0.4 is 11.5 Å². The molecule has 1 saturated carbocycles. The van der Waals surface area contributed by atoms with E-state index in [2.05, 4.69) is 13.8 Å². The van der Waals surface area contributed by atoms with E-state index in [1.165, 1.54) is 0 Å². The standard InChI is InChI=1S/C27H34N2O4/c1-3-5-6-7-16-12-18(28)20-22(24(16)30)26(32)21-19(29)13-17(25(31)23(21)27(20)33)15-10-8-14(4-2)9-11-15/h12-15,30-31H,3-11,28-29H2,1-2H3. The van der Waals surface area contributed by atoms with Gasteiger partial charge in [-0.3, -0.25) is 9.59 Å². The number of fused-ring (bicyclic) bond motifs is 2. The average molecular weight is 451 g/mol. The highest BCUT2D eigenvalue weighted by atomic mass is 16.3. The zero-order chi connectivity index (χ0) is 23.9. The van der Waals surface area contributed by atoms with Crippen molar-refractivity contribution in [1.29, 1.82) is 0 Å². The molecule has 2 aromatic rings. The summed E-state index contributed by atoms with van der Waals surface area (Å²) in [6, 6.07) is 3.23. The van der Waals surface area contributed by atoms with Gasteiger partial charge in [0.25, 0.3) is 0 Å². The molecule has 176 valence electrons. The maximum Gasteiger partial charge on any atom is 0.200 e. The molecule has 6 heteroatoms. The molecule has 0 aliphatic heterocycles. The van der Waals surface area contributed by atoms with Crippen molar-refractivity contribution < 1.29 is 19.8 Å². The molecule has 2 aliphatic rings. The summed E-state index contributed by atoms with van der Waals surface area (Å²) in [7, 11) is 0. The molecule has 0 spiro atoms. The monoisotopic (exact) mass is 450 g/mol. The molecule has 33 heavy (non-hydrogen) atoms. The summed E-state index contributed by atoms with van der Waals surface area (Å²) < 4.78 is 0. The smallest absolute Gasteiger partial charge is 0.200 e. The Hall–Kier alpha value is -3.02. The SMILES string of the molecule is CCCCCc1cc(N)c2c(c1O)C(=O)c1c(N)cc(C3CCC(CC)CC3)c(O)c1C2=O. The second-order valence-electron chi connectivity index (χ2n) is 9.62. The number of anilines is 2. The summed E-state index contributed by atoms with van der Waals surface area (Å²) in [5.41, 5.74) is 13.8. The van der Waals surface area contributed by atoms with Crippen LogP contribution in [0.4, 0.5) is 11.4 Å². The lowest BCUT2D eigenvalue weighted by molar-refractivity contribution is 0.0975. The van der Waals surface area contributed by atoms with Crippen molar-refractivity contribution in [2.75, 3.05) is 11.5 Å². The van der Waals surface area contributed by atoms with E-state index in [0.717, 1.165) is 51.4 Å². The normalized spacial score (nSPS) is 19.9. The molecule has 0 heterocycles. The molecule has 0 amide bonds. The largest absolute Gasteiger partial charge is 0.507 e. The molecule has 0 radical (unpaired) electrons. The summed E-state index contributed by atoms with van der Waals surface area (Å²) in [6.07, 6.45) is 8.49. The first-order valence-electron chi connectivity index (χ1n) is 12.2. The van der Waals surface area contributed by atoms with Crippen LogP contribution in [0.3, 0.4) is 0 Å². The van der Waals surface area contributed by atoms with Crippen molar-refractivity contribution >= 4 is 22.9 Å². The Bertz CT molecular complexity index is 1110. The number of aryl methyl sites for hydroxylation is 1. The van der Waals surface area contributed by atoms with Gasteiger partial charge in [0.1, 0.15) is 11.5 Å². The van der Waals surface area contributed by atoms with E-state index in [1.807, 2.05) is 0 Å². The van der Waals surface area contributed by atoms with Crippen LogP contribution in [-0.4, -0.2) is 21.8 Å². The fourth-order valence-corrected chi connectivity index (χ4v) is 5.60. The summed E-state index contributed by atoms with van der Waals surface area (Å²) in [6.45, 7) is 4.27. The lowest BCUT2D eigenvalue weighted by Crippen LogP contribution is -2.25. The highest BCUT2D eigenvalue weighted by Gasteiger charge is 2.40. The van der Waals surface area contributed by atoms with E-state index in [9.17, 15) is 19.8 Å². The molecule has 6 N–H and O–H groups in total. The lowest BCUT2D eigenvalue weighted by atomic mass is 9.74. The highest BCUT2D eigenvalue weighted by Crippen LogP contribution is 2.48. The average Bonchev–Trinajstić information content (AvgIpc) is 2.80. The molecule has 0 atom stereocenters. The van der Waals surface area contributed by atoms with Crippen molar-refractivity contribution in [2.45, 2.75) is 77.6 Å². The van der Waals surface area contributed by atoms with Gasteiger partial charge in [0.15, 0.2) is 0 Å². The first kappa shape index (κ1) is 23.1. The van der Waals surface area contributed by atoms with Crippen LogP contribution in [0, 0.1) is 5.92 Å². The van der Waals surface area contributed by atoms with Gasteiger partial charge in [0.2, 0.25) is 11.6 Å². The zero-order valence-electron chi connectivity index (χ0n) is 19.5. The Morgan fingerprint density at radius 1 is 0.818 bits per heavy atom. The topological polar surface area (TPSA) is 127 Å². The fraction of sp³-hybridized carbons (Fsp3) is 0.481. The van der Waals surface area contributed by atoms with E-state index in [-0.39, 0.29) is 51.0 Å². The molecule has 2 aromatic carbocycles. The van der Waals surface area contributed by atoms with Gasteiger partial charge in [-0.05, 0) is 73.6 Å². The summed E-state index contributed by atoms with van der Waals surface area (Å²) in [5.74, 6) is -0.718. The van der Waals surface area contributed by atoms with Gasteiger partial charge in [-0.1, -0.05) is 33.1 Å². The second kappa shape index (κ2) is 9.08. The maximum atomic E-state index is 13.5. The first-order chi connectivity index (χ1) is 15.8. The maximum absolute atomic E-state index is 13.5. The zero-order valence-corrected chi connectivity index (χ0v) is 19.5. The first-order valence-corrected chi connectivity index (χ1v) is 12.2. The number of nitrogens with two attached hydrogens (primary N) is 2. The highest BCUT2D eigenvalue weighted by molar-refractivity contribution is 6.33. The molecule has 6 nitrogen and oxygen atoms in total. The van der Waals surface area contributed by atoms with Crippen LogP contribution in [-0.2, 0) is 6.42 Å². The number of phenolic OH excluding ortho intramolecular Hbond substituents is 2. The molecule has 2 aliphatic carbocycles. The van der Waals surface area contributed by atoms with Gasteiger partial charge in [-0.2, -0.15) is 0 Å². The number of unbranched alkanes of at least 4 members (excludes halogenated alkanes) is 2. The summed E-state index contributed by atoms with van der Waals surface area (Å²) >= 11 is 0.